The minimum absolute atomic E-state index is 0.941. The Morgan fingerprint density at radius 1 is 1.38 bits per heavy atom. The van der Waals surface area contributed by atoms with E-state index in [0.29, 0.717) is 0 Å². The van der Waals surface area contributed by atoms with Gasteiger partial charge in [0.05, 0.1) is 0 Å². The lowest BCUT2D eigenvalue weighted by atomic mass is 10.1. The Kier molecular flexibility index (Phi) is 2.95. The Morgan fingerprint density at radius 3 is 2.85 bits per heavy atom. The molecular formula is C10H8BrIS. The molecule has 0 amide bonds. The fraction of sp³-hybridized carbons (Fsp3) is 0.200. The van der Waals surface area contributed by atoms with Gasteiger partial charge in [0.2, 0.25) is 0 Å². The minimum atomic E-state index is 0.941. The highest BCUT2D eigenvalue weighted by molar-refractivity contribution is 14.1. The molecule has 0 unspecified atom stereocenters. The first kappa shape index (κ1) is 9.93. The van der Waals surface area contributed by atoms with Crippen LogP contribution in [0.25, 0.3) is 10.1 Å². The van der Waals surface area contributed by atoms with Gasteiger partial charge in [-0.25, -0.2) is 0 Å². The lowest BCUT2D eigenvalue weighted by Crippen LogP contribution is -1.79. The SMILES string of the molecule is Cc1cc2c(CBr)cc(I)cc2s1. The van der Waals surface area contributed by atoms with Crippen LogP contribution in [0, 0.1) is 10.5 Å². The van der Waals surface area contributed by atoms with E-state index < -0.39 is 0 Å². The van der Waals surface area contributed by atoms with Gasteiger partial charge >= 0.3 is 0 Å². The number of aryl methyl sites for hydroxylation is 1. The number of hydrogen-bond acceptors (Lipinski definition) is 1. The van der Waals surface area contributed by atoms with Gasteiger partial charge in [0.25, 0.3) is 0 Å². The molecule has 13 heavy (non-hydrogen) atoms. The van der Waals surface area contributed by atoms with Crippen molar-refractivity contribution in [3.05, 3.63) is 32.2 Å². The molecule has 0 radical (unpaired) electrons. The molecule has 0 aliphatic carbocycles. The van der Waals surface area contributed by atoms with E-state index in [1.165, 1.54) is 24.1 Å². The lowest BCUT2D eigenvalue weighted by molar-refractivity contribution is 1.48. The molecule has 68 valence electrons. The maximum atomic E-state index is 3.52. The largest absolute Gasteiger partial charge is 0.141 e. The third kappa shape index (κ3) is 1.92. The highest BCUT2D eigenvalue weighted by atomic mass is 127. The summed E-state index contributed by atoms with van der Waals surface area (Å²) >= 11 is 7.77. The summed E-state index contributed by atoms with van der Waals surface area (Å²) in [6.07, 6.45) is 0. The Hall–Kier alpha value is 0.390. The normalized spacial score (nSPS) is 11.0. The molecule has 0 bridgehead atoms. The maximum absolute atomic E-state index is 3.52. The van der Waals surface area contributed by atoms with E-state index in [1.807, 2.05) is 11.3 Å². The highest BCUT2D eigenvalue weighted by Crippen LogP contribution is 2.30. The van der Waals surface area contributed by atoms with Crippen LogP contribution in [0.1, 0.15) is 10.4 Å². The van der Waals surface area contributed by atoms with Crippen molar-refractivity contribution < 1.29 is 0 Å². The average molecular weight is 367 g/mol. The van der Waals surface area contributed by atoms with E-state index in [4.69, 9.17) is 0 Å². The summed E-state index contributed by atoms with van der Waals surface area (Å²) in [6.45, 7) is 2.16. The number of fused-ring (bicyclic) bond motifs is 1. The first-order valence-electron chi connectivity index (χ1n) is 3.95. The third-order valence-electron chi connectivity index (χ3n) is 1.96. The molecule has 0 fully saturated rings. The second-order valence-electron chi connectivity index (χ2n) is 2.97. The van der Waals surface area contributed by atoms with Gasteiger partial charge in [0, 0.05) is 18.5 Å². The van der Waals surface area contributed by atoms with Crippen LogP contribution in [-0.4, -0.2) is 0 Å². The Bertz CT molecular complexity index is 447. The molecule has 0 N–H and O–H groups in total. The summed E-state index contributed by atoms with van der Waals surface area (Å²) in [7, 11) is 0. The quantitative estimate of drug-likeness (QED) is 0.506. The van der Waals surface area contributed by atoms with Gasteiger partial charge < -0.3 is 0 Å². The number of thiophene rings is 1. The summed E-state index contributed by atoms with van der Waals surface area (Å²) in [5.41, 5.74) is 1.39. The second kappa shape index (κ2) is 3.87. The molecule has 2 rings (SSSR count). The lowest BCUT2D eigenvalue weighted by Gasteiger charge is -1.99. The van der Waals surface area contributed by atoms with Crippen LogP contribution in [0.5, 0.6) is 0 Å². The topological polar surface area (TPSA) is 0 Å². The van der Waals surface area contributed by atoms with Crippen molar-refractivity contribution in [2.24, 2.45) is 0 Å². The molecular weight excluding hydrogens is 359 g/mol. The standard InChI is InChI=1S/C10H8BrIS/c1-6-2-9-7(5-11)3-8(12)4-10(9)13-6/h2-4H,5H2,1H3. The summed E-state index contributed by atoms with van der Waals surface area (Å²) in [4.78, 5) is 1.39. The number of alkyl halides is 1. The van der Waals surface area contributed by atoms with Crippen LogP contribution in [-0.2, 0) is 5.33 Å². The Labute approximate surface area is 104 Å². The van der Waals surface area contributed by atoms with Crippen molar-refractivity contribution in [1.82, 2.24) is 0 Å². The fourth-order valence-corrected chi connectivity index (χ4v) is 3.78. The molecule has 0 saturated heterocycles. The van der Waals surface area contributed by atoms with E-state index in [2.05, 4.69) is 63.6 Å². The molecule has 2 aromatic rings. The molecule has 1 aromatic carbocycles. The van der Waals surface area contributed by atoms with E-state index in [-0.39, 0.29) is 0 Å². The Morgan fingerprint density at radius 2 is 2.15 bits per heavy atom. The van der Waals surface area contributed by atoms with Crippen LogP contribution in [0.4, 0.5) is 0 Å². The molecule has 1 aromatic heterocycles. The van der Waals surface area contributed by atoms with Gasteiger partial charge in [0.1, 0.15) is 0 Å². The molecule has 0 spiro atoms. The van der Waals surface area contributed by atoms with Gasteiger partial charge in [-0.2, -0.15) is 0 Å². The number of benzene rings is 1. The number of halogens is 2. The van der Waals surface area contributed by atoms with E-state index in [9.17, 15) is 0 Å². The van der Waals surface area contributed by atoms with Gasteiger partial charge in [0.15, 0.2) is 0 Å². The van der Waals surface area contributed by atoms with Crippen molar-refractivity contribution in [2.75, 3.05) is 0 Å². The highest BCUT2D eigenvalue weighted by Gasteiger charge is 2.04. The van der Waals surface area contributed by atoms with Gasteiger partial charge in [-0.3, -0.25) is 0 Å². The van der Waals surface area contributed by atoms with Crippen molar-refractivity contribution in [3.63, 3.8) is 0 Å². The third-order valence-corrected chi connectivity index (χ3v) is 4.18. The van der Waals surface area contributed by atoms with Crippen molar-refractivity contribution in [1.29, 1.82) is 0 Å². The zero-order chi connectivity index (χ0) is 9.42. The molecule has 0 atom stereocenters. The zero-order valence-corrected chi connectivity index (χ0v) is 11.7. The molecule has 1 heterocycles. The van der Waals surface area contributed by atoms with Crippen molar-refractivity contribution in [2.45, 2.75) is 12.3 Å². The monoisotopic (exact) mass is 366 g/mol. The number of hydrogen-bond donors (Lipinski definition) is 0. The predicted molar refractivity (Wildman–Crippen MR) is 71.9 cm³/mol. The van der Waals surface area contributed by atoms with Crippen molar-refractivity contribution in [3.8, 4) is 0 Å². The Balaban J connectivity index is 2.80. The van der Waals surface area contributed by atoms with Gasteiger partial charge in [-0.15, -0.1) is 11.3 Å². The predicted octanol–water partition coefficient (Wildman–Crippen LogP) is 4.71. The molecule has 0 aliphatic heterocycles. The van der Waals surface area contributed by atoms with Crippen LogP contribution >= 0.6 is 49.9 Å². The fourth-order valence-electron chi connectivity index (χ4n) is 1.41. The average Bonchev–Trinajstić information content (AvgIpc) is 2.43. The smallest absolute Gasteiger partial charge is 0.0359 e. The summed E-state index contributed by atoms with van der Waals surface area (Å²) in [5.74, 6) is 0. The van der Waals surface area contributed by atoms with Crippen LogP contribution in [0.3, 0.4) is 0 Å². The van der Waals surface area contributed by atoms with Crippen LogP contribution in [0.2, 0.25) is 0 Å². The molecule has 0 saturated carbocycles. The first-order chi connectivity index (χ1) is 6.20. The van der Waals surface area contributed by atoms with Crippen LogP contribution < -0.4 is 0 Å². The maximum Gasteiger partial charge on any atom is 0.0359 e. The number of rotatable bonds is 1. The van der Waals surface area contributed by atoms with E-state index in [0.717, 1.165) is 5.33 Å². The van der Waals surface area contributed by atoms with E-state index >= 15 is 0 Å². The summed E-state index contributed by atoms with van der Waals surface area (Å²) < 4.78 is 2.72. The van der Waals surface area contributed by atoms with Gasteiger partial charge in [-0.05, 0) is 58.7 Å². The van der Waals surface area contributed by atoms with Gasteiger partial charge in [-0.1, -0.05) is 15.9 Å². The summed E-state index contributed by atoms with van der Waals surface area (Å²) in [5, 5.41) is 2.34. The van der Waals surface area contributed by atoms with E-state index in [1.54, 1.807) is 0 Å². The molecule has 0 aliphatic rings. The first-order valence-corrected chi connectivity index (χ1v) is 6.97. The van der Waals surface area contributed by atoms with Crippen molar-refractivity contribution >= 4 is 59.9 Å². The zero-order valence-electron chi connectivity index (χ0n) is 7.10. The second-order valence-corrected chi connectivity index (χ2v) is 6.06. The van der Waals surface area contributed by atoms with Crippen LogP contribution in [0.15, 0.2) is 18.2 Å². The minimum Gasteiger partial charge on any atom is -0.141 e. The molecule has 0 nitrogen and oxygen atoms in total. The molecule has 3 heteroatoms. The summed E-state index contributed by atoms with van der Waals surface area (Å²) in [6, 6.07) is 6.76.